The van der Waals surface area contributed by atoms with E-state index in [1.807, 2.05) is 24.8 Å². The average molecular weight is 399 g/mol. The molecule has 0 spiro atoms. The maximum Gasteiger partial charge on any atom is 0.270 e. The van der Waals surface area contributed by atoms with Crippen molar-refractivity contribution in [1.82, 2.24) is 0 Å². The lowest BCUT2D eigenvalue weighted by molar-refractivity contribution is -0.384. The van der Waals surface area contributed by atoms with Gasteiger partial charge in [-0.15, -0.1) is 0 Å². The van der Waals surface area contributed by atoms with Crippen molar-refractivity contribution in [2.45, 2.75) is 13.8 Å². The van der Waals surface area contributed by atoms with E-state index in [0.29, 0.717) is 35.1 Å². The number of carbonyl (C=O) groups excluding carboxylic acids is 1. The molecule has 0 aliphatic rings. The Labute approximate surface area is 168 Å². The maximum atomic E-state index is 12.5. The van der Waals surface area contributed by atoms with Gasteiger partial charge in [-0.1, -0.05) is 11.6 Å². The largest absolute Gasteiger partial charge is 0.372 e. The zero-order valence-corrected chi connectivity index (χ0v) is 16.2. The molecule has 28 heavy (non-hydrogen) atoms. The van der Waals surface area contributed by atoms with Crippen LogP contribution in [0.3, 0.4) is 0 Å². The number of hydrogen-bond acceptors (Lipinski definition) is 5. The van der Waals surface area contributed by atoms with Gasteiger partial charge in [0.15, 0.2) is 0 Å². The van der Waals surface area contributed by atoms with Crippen molar-refractivity contribution in [3.05, 3.63) is 68.7 Å². The first-order chi connectivity index (χ1) is 13.4. The SMILES string of the molecule is CCN(CC)c1ccc([N+](=O)[O-])cc1/C=C(\C#N)C(=O)Nc1ccc(Cl)cc1. The molecule has 1 amide bonds. The molecule has 0 saturated heterocycles. The van der Waals surface area contributed by atoms with Crippen LogP contribution >= 0.6 is 11.6 Å². The number of nitrogens with one attached hydrogen (secondary N) is 1. The minimum Gasteiger partial charge on any atom is -0.372 e. The molecular formula is C20H19ClN4O3. The standard InChI is InChI=1S/C20H19ClN4O3/c1-3-24(4-2)19-10-9-18(25(27)28)12-14(19)11-15(13-22)20(26)23-17-7-5-16(21)6-8-17/h5-12H,3-4H2,1-2H3,(H,23,26)/b15-11+. The Balaban J connectivity index is 2.44. The molecule has 0 bridgehead atoms. The highest BCUT2D eigenvalue weighted by atomic mass is 35.5. The van der Waals surface area contributed by atoms with Gasteiger partial charge in [0.05, 0.1) is 4.92 Å². The molecule has 0 fully saturated rings. The van der Waals surface area contributed by atoms with Crippen LogP contribution in [0.5, 0.6) is 0 Å². The van der Waals surface area contributed by atoms with Crippen LogP contribution in [-0.4, -0.2) is 23.9 Å². The van der Waals surface area contributed by atoms with E-state index in [9.17, 15) is 20.2 Å². The molecule has 0 radical (unpaired) electrons. The summed E-state index contributed by atoms with van der Waals surface area (Å²) in [5, 5.41) is 23.7. The Morgan fingerprint density at radius 1 is 1.25 bits per heavy atom. The number of rotatable bonds is 7. The molecular weight excluding hydrogens is 380 g/mol. The Kier molecular flexibility index (Phi) is 7.13. The zero-order valence-electron chi connectivity index (χ0n) is 15.5. The minimum atomic E-state index is -0.609. The molecule has 0 aliphatic carbocycles. The summed E-state index contributed by atoms with van der Waals surface area (Å²) < 4.78 is 0. The van der Waals surface area contributed by atoms with Gasteiger partial charge in [-0.3, -0.25) is 14.9 Å². The van der Waals surface area contributed by atoms with Gasteiger partial charge in [0, 0.05) is 47.2 Å². The third-order valence-corrected chi connectivity index (χ3v) is 4.35. The van der Waals surface area contributed by atoms with Crippen LogP contribution < -0.4 is 10.2 Å². The van der Waals surface area contributed by atoms with Gasteiger partial charge in [0.25, 0.3) is 11.6 Å². The highest BCUT2D eigenvalue weighted by Gasteiger charge is 2.16. The average Bonchev–Trinajstić information content (AvgIpc) is 2.69. The van der Waals surface area contributed by atoms with Gasteiger partial charge in [-0.2, -0.15) is 5.26 Å². The Hall–Kier alpha value is -3.37. The monoisotopic (exact) mass is 398 g/mol. The van der Waals surface area contributed by atoms with Crippen molar-refractivity contribution in [2.24, 2.45) is 0 Å². The normalized spacial score (nSPS) is 10.9. The van der Waals surface area contributed by atoms with Crippen molar-refractivity contribution >= 4 is 40.6 Å². The summed E-state index contributed by atoms with van der Waals surface area (Å²) in [6.07, 6.45) is 1.37. The van der Waals surface area contributed by atoms with E-state index in [4.69, 9.17) is 11.6 Å². The summed E-state index contributed by atoms with van der Waals surface area (Å²) in [7, 11) is 0. The lowest BCUT2D eigenvalue weighted by Gasteiger charge is -2.23. The number of nitro benzene ring substituents is 1. The van der Waals surface area contributed by atoms with Gasteiger partial charge >= 0.3 is 0 Å². The van der Waals surface area contributed by atoms with Crippen molar-refractivity contribution in [1.29, 1.82) is 5.26 Å². The van der Waals surface area contributed by atoms with Gasteiger partial charge in [0.2, 0.25) is 0 Å². The molecule has 2 aromatic rings. The van der Waals surface area contributed by atoms with E-state index in [-0.39, 0.29) is 11.3 Å². The first-order valence-corrected chi connectivity index (χ1v) is 8.99. The van der Waals surface area contributed by atoms with Gasteiger partial charge in [0.1, 0.15) is 11.6 Å². The molecule has 7 nitrogen and oxygen atoms in total. The zero-order chi connectivity index (χ0) is 20.7. The van der Waals surface area contributed by atoms with Crippen molar-refractivity contribution < 1.29 is 9.72 Å². The number of nitrogens with zero attached hydrogens (tertiary/aromatic N) is 3. The van der Waals surface area contributed by atoms with E-state index in [0.717, 1.165) is 0 Å². The quantitative estimate of drug-likeness (QED) is 0.317. The highest BCUT2D eigenvalue weighted by Crippen LogP contribution is 2.28. The molecule has 144 valence electrons. The fraction of sp³-hybridized carbons (Fsp3) is 0.200. The first-order valence-electron chi connectivity index (χ1n) is 8.61. The summed E-state index contributed by atoms with van der Waals surface area (Å²) >= 11 is 5.82. The van der Waals surface area contributed by atoms with Crippen LogP contribution in [0.25, 0.3) is 6.08 Å². The predicted octanol–water partition coefficient (Wildman–Crippen LogP) is 4.64. The van der Waals surface area contributed by atoms with Gasteiger partial charge < -0.3 is 10.2 Å². The Bertz CT molecular complexity index is 945. The number of amides is 1. The number of hydrogen-bond donors (Lipinski definition) is 1. The highest BCUT2D eigenvalue weighted by molar-refractivity contribution is 6.30. The molecule has 0 saturated carbocycles. The lowest BCUT2D eigenvalue weighted by Crippen LogP contribution is -2.22. The molecule has 0 aromatic heterocycles. The second-order valence-corrected chi connectivity index (χ2v) is 6.24. The lowest BCUT2D eigenvalue weighted by atomic mass is 10.1. The number of benzene rings is 2. The summed E-state index contributed by atoms with van der Waals surface area (Å²) in [4.78, 5) is 25.1. The number of nitro groups is 1. The molecule has 0 heterocycles. The van der Waals surface area contributed by atoms with Crippen LogP contribution in [0.1, 0.15) is 19.4 Å². The van der Waals surface area contributed by atoms with E-state index in [1.165, 1.54) is 18.2 Å². The molecule has 0 aliphatic heterocycles. The molecule has 8 heteroatoms. The Morgan fingerprint density at radius 3 is 2.43 bits per heavy atom. The third-order valence-electron chi connectivity index (χ3n) is 4.09. The number of non-ortho nitro benzene ring substituents is 1. The predicted molar refractivity (Wildman–Crippen MR) is 110 cm³/mol. The van der Waals surface area contributed by atoms with E-state index in [1.54, 1.807) is 30.3 Å². The van der Waals surface area contributed by atoms with E-state index >= 15 is 0 Å². The van der Waals surface area contributed by atoms with E-state index in [2.05, 4.69) is 5.32 Å². The van der Waals surface area contributed by atoms with Gasteiger partial charge in [-0.05, 0) is 50.3 Å². The topological polar surface area (TPSA) is 99.3 Å². The van der Waals surface area contributed by atoms with Crippen molar-refractivity contribution in [3.63, 3.8) is 0 Å². The molecule has 2 aromatic carbocycles. The summed E-state index contributed by atoms with van der Waals surface area (Å²) in [5.41, 5.74) is 1.35. The van der Waals surface area contributed by atoms with Crippen LogP contribution in [0.2, 0.25) is 5.02 Å². The number of nitriles is 1. The summed E-state index contributed by atoms with van der Waals surface area (Å²) in [6.45, 7) is 5.26. The maximum absolute atomic E-state index is 12.5. The molecule has 0 atom stereocenters. The molecule has 2 rings (SSSR count). The number of halogens is 1. The van der Waals surface area contributed by atoms with E-state index < -0.39 is 10.8 Å². The van der Waals surface area contributed by atoms with Crippen molar-refractivity contribution in [3.8, 4) is 6.07 Å². The summed E-state index contributed by atoms with van der Waals surface area (Å²) in [6, 6.07) is 12.7. The van der Waals surface area contributed by atoms with Crippen LogP contribution in [0, 0.1) is 21.4 Å². The minimum absolute atomic E-state index is 0.113. The second-order valence-electron chi connectivity index (χ2n) is 5.80. The van der Waals surface area contributed by atoms with Gasteiger partial charge in [-0.25, -0.2) is 0 Å². The fourth-order valence-electron chi connectivity index (χ4n) is 2.66. The third kappa shape index (κ3) is 5.09. The van der Waals surface area contributed by atoms with Crippen LogP contribution in [0.4, 0.5) is 17.1 Å². The fourth-order valence-corrected chi connectivity index (χ4v) is 2.79. The summed E-state index contributed by atoms with van der Waals surface area (Å²) in [5.74, 6) is -0.609. The molecule has 1 N–H and O–H groups in total. The smallest absolute Gasteiger partial charge is 0.270 e. The molecule has 0 unspecified atom stereocenters. The second kappa shape index (κ2) is 9.53. The van der Waals surface area contributed by atoms with Crippen LogP contribution in [-0.2, 0) is 4.79 Å². The first kappa shape index (κ1) is 20.9. The van der Waals surface area contributed by atoms with Crippen LogP contribution in [0.15, 0.2) is 48.0 Å². The van der Waals surface area contributed by atoms with Crippen molar-refractivity contribution in [2.75, 3.05) is 23.3 Å². The number of anilines is 2. The number of carbonyl (C=O) groups is 1. The Morgan fingerprint density at radius 2 is 1.89 bits per heavy atom.